The molecule has 19 heavy (non-hydrogen) atoms. The summed E-state index contributed by atoms with van der Waals surface area (Å²) in [5, 5.41) is 2.30. The molecule has 5 heteroatoms. The Morgan fingerprint density at radius 3 is 1.32 bits per heavy atom. The molecule has 0 amide bonds. The van der Waals surface area contributed by atoms with Crippen LogP contribution < -0.4 is 24.8 Å². The van der Waals surface area contributed by atoms with Crippen LogP contribution in [0.1, 0.15) is 11.4 Å². The topological polar surface area (TPSA) is 25.8 Å². The number of hydrogen-bond donors (Lipinski definition) is 0. The van der Waals surface area contributed by atoms with E-state index in [0.29, 0.717) is 0 Å². The Morgan fingerprint density at radius 2 is 0.947 bits per heavy atom. The van der Waals surface area contributed by atoms with Gasteiger partial charge in [0, 0.05) is 22.2 Å². The van der Waals surface area contributed by atoms with Crippen LogP contribution in [0.25, 0.3) is 21.8 Å². The molecule has 0 spiro atoms. The quantitative estimate of drug-likeness (QED) is 0.332. The summed E-state index contributed by atoms with van der Waals surface area (Å²) in [7, 11) is 0. The van der Waals surface area contributed by atoms with Crippen molar-refractivity contribution in [1.29, 1.82) is 0 Å². The van der Waals surface area contributed by atoms with Gasteiger partial charge in [-0.2, -0.15) is 0 Å². The minimum absolute atomic E-state index is 0. The van der Waals surface area contributed by atoms with E-state index < -0.39 is 0 Å². The third kappa shape index (κ3) is 3.36. The zero-order valence-electron chi connectivity index (χ0n) is 10.4. The second kappa shape index (κ2) is 7.05. The monoisotopic (exact) mass is 336 g/mol. The minimum Gasteiger partial charge on any atom is -1.00 e. The first-order valence-corrected chi connectivity index (χ1v) is 5.38. The summed E-state index contributed by atoms with van der Waals surface area (Å²) < 4.78 is 0. The smallest absolute Gasteiger partial charge is 1.00 e. The molecule has 0 bridgehead atoms. The molecule has 0 atom stereocenters. The molecule has 2 heterocycles. The molecule has 0 aliphatic heterocycles. The number of fused-ring (bicyclic) bond motifs is 3. The molecule has 0 aliphatic rings. The number of aromatic nitrogens is 2. The van der Waals surface area contributed by atoms with E-state index in [-0.39, 0.29) is 41.3 Å². The van der Waals surface area contributed by atoms with E-state index in [4.69, 9.17) is 0 Å². The second-order valence-corrected chi connectivity index (χ2v) is 4.11. The maximum absolute atomic E-state index is 4.58. The van der Waals surface area contributed by atoms with Crippen LogP contribution in [-0.4, -0.2) is 9.97 Å². The summed E-state index contributed by atoms with van der Waals surface area (Å²) in [4.78, 5) is 9.16. The van der Waals surface area contributed by atoms with Gasteiger partial charge in [-0.25, -0.2) is 0 Å². The third-order valence-electron chi connectivity index (χ3n) is 2.80. The number of hydrogen-bond acceptors (Lipinski definition) is 2. The van der Waals surface area contributed by atoms with Crippen LogP contribution in [0, 0.1) is 13.8 Å². The minimum atomic E-state index is 0. The SMILES string of the molecule is Cc1ccc2ccc3ccc(C)nc3c2n1.[Cl-].[Cl-].[Ni+2]. The molecule has 3 aromatic rings. The van der Waals surface area contributed by atoms with Gasteiger partial charge in [-0.05, 0) is 26.0 Å². The Balaban J connectivity index is 0.00000108. The van der Waals surface area contributed by atoms with Crippen LogP contribution in [0.15, 0.2) is 36.4 Å². The number of halogens is 2. The fourth-order valence-electron chi connectivity index (χ4n) is 1.96. The number of pyridine rings is 2. The van der Waals surface area contributed by atoms with Gasteiger partial charge in [0.05, 0.1) is 11.0 Å². The van der Waals surface area contributed by atoms with Gasteiger partial charge in [0.1, 0.15) is 0 Å². The first kappa shape index (κ1) is 18.1. The fourth-order valence-corrected chi connectivity index (χ4v) is 1.96. The number of rotatable bonds is 0. The Kier molecular flexibility index (Phi) is 6.72. The average Bonchev–Trinajstić information content (AvgIpc) is 2.29. The summed E-state index contributed by atoms with van der Waals surface area (Å²) in [6, 6.07) is 12.5. The van der Waals surface area contributed by atoms with Crippen LogP contribution in [0.2, 0.25) is 0 Å². The normalized spacial score (nSPS) is 9.37. The molecular weight excluding hydrogens is 326 g/mol. The maximum atomic E-state index is 4.58. The molecule has 2 nitrogen and oxygen atoms in total. The molecule has 0 N–H and O–H groups in total. The predicted molar refractivity (Wildman–Crippen MR) is 66.5 cm³/mol. The van der Waals surface area contributed by atoms with E-state index >= 15 is 0 Å². The summed E-state index contributed by atoms with van der Waals surface area (Å²) in [6.07, 6.45) is 0. The van der Waals surface area contributed by atoms with Crippen molar-refractivity contribution in [2.24, 2.45) is 0 Å². The largest absolute Gasteiger partial charge is 2.00 e. The van der Waals surface area contributed by atoms with Crippen LogP contribution in [0.5, 0.6) is 0 Å². The molecule has 102 valence electrons. The van der Waals surface area contributed by atoms with Gasteiger partial charge in [-0.3, -0.25) is 9.97 Å². The first-order valence-electron chi connectivity index (χ1n) is 5.38. The van der Waals surface area contributed by atoms with Crippen LogP contribution in [0.4, 0.5) is 0 Å². The Bertz CT molecular complexity index is 641. The van der Waals surface area contributed by atoms with Crippen molar-refractivity contribution < 1.29 is 41.3 Å². The van der Waals surface area contributed by atoms with E-state index in [2.05, 4.69) is 34.2 Å². The number of nitrogens with zero attached hydrogens (tertiary/aromatic N) is 2. The maximum Gasteiger partial charge on any atom is 2.00 e. The zero-order chi connectivity index (χ0) is 11.1. The van der Waals surface area contributed by atoms with E-state index in [1.54, 1.807) is 0 Å². The fraction of sp³-hybridized carbons (Fsp3) is 0.143. The zero-order valence-corrected chi connectivity index (χ0v) is 12.9. The van der Waals surface area contributed by atoms with Crippen molar-refractivity contribution in [3.8, 4) is 0 Å². The van der Waals surface area contributed by atoms with Crippen molar-refractivity contribution in [3.63, 3.8) is 0 Å². The van der Waals surface area contributed by atoms with Gasteiger partial charge in [0.25, 0.3) is 0 Å². The molecule has 2 aromatic heterocycles. The van der Waals surface area contributed by atoms with Gasteiger partial charge in [0.15, 0.2) is 0 Å². The van der Waals surface area contributed by atoms with E-state index in [1.165, 1.54) is 0 Å². The van der Waals surface area contributed by atoms with Crippen LogP contribution in [0.3, 0.4) is 0 Å². The Morgan fingerprint density at radius 1 is 0.632 bits per heavy atom. The van der Waals surface area contributed by atoms with E-state index in [1.807, 2.05) is 26.0 Å². The third-order valence-corrected chi connectivity index (χ3v) is 2.80. The summed E-state index contributed by atoms with van der Waals surface area (Å²) in [5.74, 6) is 0. The molecular formula is C14H12Cl2N2Ni. The standard InChI is InChI=1S/C14H12N2.2ClH.Ni/c1-9-3-5-11-7-8-12-6-4-10(2)16-14(12)13(11)15-9;;;/h3-8H,1-2H3;2*1H;/q;;;+2/p-2. The van der Waals surface area contributed by atoms with E-state index in [0.717, 1.165) is 33.2 Å². The molecule has 3 rings (SSSR count). The van der Waals surface area contributed by atoms with Crippen molar-refractivity contribution >= 4 is 21.8 Å². The van der Waals surface area contributed by atoms with E-state index in [9.17, 15) is 0 Å². The first-order chi connectivity index (χ1) is 7.74. The molecule has 0 saturated heterocycles. The summed E-state index contributed by atoms with van der Waals surface area (Å²) in [6.45, 7) is 4.02. The number of benzene rings is 1. The molecule has 0 fully saturated rings. The van der Waals surface area contributed by atoms with Crippen molar-refractivity contribution in [2.45, 2.75) is 13.8 Å². The molecule has 1 aromatic carbocycles. The summed E-state index contributed by atoms with van der Waals surface area (Å²) in [5.41, 5.74) is 4.06. The van der Waals surface area contributed by atoms with Gasteiger partial charge in [-0.1, -0.05) is 24.3 Å². The molecule has 0 aliphatic carbocycles. The van der Waals surface area contributed by atoms with Crippen LogP contribution >= 0.6 is 0 Å². The van der Waals surface area contributed by atoms with Crippen LogP contribution in [-0.2, 0) is 16.5 Å². The molecule has 0 radical (unpaired) electrons. The van der Waals surface area contributed by atoms with Gasteiger partial charge in [0.2, 0.25) is 0 Å². The van der Waals surface area contributed by atoms with Crippen molar-refractivity contribution in [2.75, 3.05) is 0 Å². The van der Waals surface area contributed by atoms with Crippen molar-refractivity contribution in [1.82, 2.24) is 9.97 Å². The summed E-state index contributed by atoms with van der Waals surface area (Å²) >= 11 is 0. The van der Waals surface area contributed by atoms with Gasteiger partial charge >= 0.3 is 16.5 Å². The average molecular weight is 338 g/mol. The van der Waals surface area contributed by atoms with Crippen molar-refractivity contribution in [3.05, 3.63) is 47.8 Å². The number of aryl methyl sites for hydroxylation is 2. The predicted octanol–water partition coefficient (Wildman–Crippen LogP) is -2.59. The Hall–Kier alpha value is -0.886. The Labute approximate surface area is 134 Å². The second-order valence-electron chi connectivity index (χ2n) is 4.11. The molecule has 0 unspecified atom stereocenters. The van der Waals surface area contributed by atoms with Gasteiger partial charge < -0.3 is 24.8 Å². The van der Waals surface area contributed by atoms with Gasteiger partial charge in [-0.15, -0.1) is 0 Å². The molecule has 0 saturated carbocycles.